The zero-order valence-corrected chi connectivity index (χ0v) is 11.9. The van der Waals surface area contributed by atoms with Crippen LogP contribution in [0.25, 0.3) is 11.3 Å². The molecule has 0 aliphatic rings. The van der Waals surface area contributed by atoms with Crippen molar-refractivity contribution in [3.63, 3.8) is 0 Å². The fourth-order valence-electron chi connectivity index (χ4n) is 2.04. The van der Waals surface area contributed by atoms with Crippen molar-refractivity contribution in [1.29, 1.82) is 0 Å². The predicted molar refractivity (Wildman–Crippen MR) is 75.9 cm³/mol. The maximum atomic E-state index is 12.9. The molecule has 0 saturated carbocycles. The largest absolute Gasteiger partial charge is 0.451 e. The van der Waals surface area contributed by atoms with E-state index in [4.69, 9.17) is 4.42 Å². The van der Waals surface area contributed by atoms with Crippen LogP contribution >= 0.6 is 0 Å². The molecule has 0 aliphatic carbocycles. The summed E-state index contributed by atoms with van der Waals surface area (Å²) in [4.78, 5) is 13.8. The van der Waals surface area contributed by atoms with Crippen LogP contribution in [0, 0.1) is 11.7 Å². The number of rotatable bonds is 4. The van der Waals surface area contributed by atoms with Crippen LogP contribution in [0.15, 0.2) is 40.8 Å². The first kappa shape index (κ1) is 14.3. The summed E-state index contributed by atoms with van der Waals surface area (Å²) < 4.78 is 18.4. The second kappa shape index (κ2) is 5.90. The van der Waals surface area contributed by atoms with E-state index in [0.717, 1.165) is 5.56 Å². The summed E-state index contributed by atoms with van der Waals surface area (Å²) in [5.41, 5.74) is 0.747. The smallest absolute Gasteiger partial charge is 0.289 e. The topological polar surface area (TPSA) is 33.5 Å². The van der Waals surface area contributed by atoms with Crippen LogP contribution in [0.5, 0.6) is 0 Å². The van der Waals surface area contributed by atoms with Gasteiger partial charge < -0.3 is 9.32 Å². The number of amides is 1. The van der Waals surface area contributed by atoms with E-state index in [0.29, 0.717) is 24.0 Å². The lowest BCUT2D eigenvalue weighted by atomic mass is 10.2. The Labute approximate surface area is 118 Å². The average molecular weight is 275 g/mol. The summed E-state index contributed by atoms with van der Waals surface area (Å²) in [6.07, 6.45) is 0. The van der Waals surface area contributed by atoms with Crippen LogP contribution in [0.3, 0.4) is 0 Å². The summed E-state index contributed by atoms with van der Waals surface area (Å²) >= 11 is 0. The molecule has 0 fully saturated rings. The summed E-state index contributed by atoms with van der Waals surface area (Å²) in [5.74, 6) is 0.814. The lowest BCUT2D eigenvalue weighted by Gasteiger charge is -2.17. The van der Waals surface area contributed by atoms with Crippen molar-refractivity contribution in [3.8, 4) is 11.3 Å². The van der Waals surface area contributed by atoms with Gasteiger partial charge in [0, 0.05) is 19.2 Å². The lowest BCUT2D eigenvalue weighted by Crippen LogP contribution is -2.29. The lowest BCUT2D eigenvalue weighted by molar-refractivity contribution is 0.0748. The van der Waals surface area contributed by atoms with Gasteiger partial charge in [0.15, 0.2) is 5.76 Å². The van der Waals surface area contributed by atoms with Crippen LogP contribution < -0.4 is 0 Å². The molecule has 3 nitrogen and oxygen atoms in total. The van der Waals surface area contributed by atoms with Gasteiger partial charge >= 0.3 is 0 Å². The molecule has 1 heterocycles. The van der Waals surface area contributed by atoms with Crippen molar-refractivity contribution in [2.75, 3.05) is 13.6 Å². The first-order chi connectivity index (χ1) is 9.47. The second-order valence-corrected chi connectivity index (χ2v) is 5.25. The SMILES string of the molecule is CC(C)CN(C)C(=O)c1ccc(-c2ccc(F)cc2)o1. The standard InChI is InChI=1S/C16H18FNO2/c1-11(2)10-18(3)16(19)15-9-8-14(20-15)12-4-6-13(17)7-5-12/h4-9,11H,10H2,1-3H3. The average Bonchev–Trinajstić information content (AvgIpc) is 2.87. The number of hydrogen-bond acceptors (Lipinski definition) is 2. The zero-order chi connectivity index (χ0) is 14.7. The summed E-state index contributed by atoms with van der Waals surface area (Å²) in [7, 11) is 1.75. The molecule has 0 aliphatic heterocycles. The number of hydrogen-bond donors (Lipinski definition) is 0. The molecule has 2 rings (SSSR count). The molecule has 0 atom stereocenters. The minimum absolute atomic E-state index is 0.146. The van der Waals surface area contributed by atoms with Gasteiger partial charge in [0.2, 0.25) is 0 Å². The van der Waals surface area contributed by atoms with Crippen molar-refractivity contribution in [2.45, 2.75) is 13.8 Å². The van der Waals surface area contributed by atoms with Crippen molar-refractivity contribution < 1.29 is 13.6 Å². The number of halogens is 1. The quantitative estimate of drug-likeness (QED) is 0.850. The highest BCUT2D eigenvalue weighted by Crippen LogP contribution is 2.23. The monoisotopic (exact) mass is 275 g/mol. The van der Waals surface area contributed by atoms with E-state index in [1.54, 1.807) is 36.2 Å². The normalized spacial score (nSPS) is 10.8. The third kappa shape index (κ3) is 3.26. The molecule has 0 radical (unpaired) electrons. The van der Waals surface area contributed by atoms with E-state index in [1.165, 1.54) is 12.1 Å². The summed E-state index contributed by atoms with van der Waals surface area (Å²) in [6.45, 7) is 4.77. The Hall–Kier alpha value is -2.10. The maximum Gasteiger partial charge on any atom is 0.289 e. The Morgan fingerprint density at radius 2 is 1.85 bits per heavy atom. The van der Waals surface area contributed by atoms with Gasteiger partial charge in [-0.3, -0.25) is 4.79 Å². The van der Waals surface area contributed by atoms with E-state index >= 15 is 0 Å². The van der Waals surface area contributed by atoms with Gasteiger partial charge in [-0.05, 0) is 42.3 Å². The summed E-state index contributed by atoms with van der Waals surface area (Å²) in [6, 6.07) is 9.36. The maximum absolute atomic E-state index is 12.9. The van der Waals surface area contributed by atoms with Crippen LogP contribution in [0.1, 0.15) is 24.4 Å². The van der Waals surface area contributed by atoms with Gasteiger partial charge in [0.25, 0.3) is 5.91 Å². The highest BCUT2D eigenvalue weighted by molar-refractivity contribution is 5.91. The van der Waals surface area contributed by atoms with E-state index in [9.17, 15) is 9.18 Å². The number of carbonyl (C=O) groups is 1. The molecule has 106 valence electrons. The molecule has 1 amide bonds. The highest BCUT2D eigenvalue weighted by Gasteiger charge is 2.17. The number of benzene rings is 1. The fourth-order valence-corrected chi connectivity index (χ4v) is 2.04. The highest BCUT2D eigenvalue weighted by atomic mass is 19.1. The Morgan fingerprint density at radius 3 is 2.45 bits per heavy atom. The summed E-state index contributed by atoms with van der Waals surface area (Å²) in [5, 5.41) is 0. The van der Waals surface area contributed by atoms with Gasteiger partial charge in [-0.2, -0.15) is 0 Å². The molecule has 20 heavy (non-hydrogen) atoms. The molecule has 0 saturated heterocycles. The van der Waals surface area contributed by atoms with E-state index < -0.39 is 0 Å². The number of nitrogens with zero attached hydrogens (tertiary/aromatic N) is 1. The Balaban J connectivity index is 2.16. The second-order valence-electron chi connectivity index (χ2n) is 5.25. The van der Waals surface area contributed by atoms with Crippen molar-refractivity contribution in [2.24, 2.45) is 5.92 Å². The molecule has 0 bridgehead atoms. The third-order valence-electron chi connectivity index (χ3n) is 2.93. The number of carbonyl (C=O) groups excluding carboxylic acids is 1. The van der Waals surface area contributed by atoms with Crippen LogP contribution in [-0.2, 0) is 0 Å². The molecule has 0 N–H and O–H groups in total. The van der Waals surface area contributed by atoms with Gasteiger partial charge in [-0.25, -0.2) is 4.39 Å². The number of furan rings is 1. The molecule has 0 spiro atoms. The molecule has 2 aromatic rings. The molecule has 1 aromatic carbocycles. The van der Waals surface area contributed by atoms with E-state index in [2.05, 4.69) is 13.8 Å². The first-order valence-corrected chi connectivity index (χ1v) is 6.58. The molecular weight excluding hydrogens is 257 g/mol. The van der Waals surface area contributed by atoms with Gasteiger partial charge in [0.05, 0.1) is 0 Å². The van der Waals surface area contributed by atoms with Gasteiger partial charge in [0.1, 0.15) is 11.6 Å². The van der Waals surface area contributed by atoms with Crippen LogP contribution in [-0.4, -0.2) is 24.4 Å². The van der Waals surface area contributed by atoms with E-state index in [1.807, 2.05) is 0 Å². The Kier molecular flexibility index (Phi) is 4.23. The molecule has 0 unspecified atom stereocenters. The van der Waals surface area contributed by atoms with Gasteiger partial charge in [-0.1, -0.05) is 13.8 Å². The molecule has 1 aromatic heterocycles. The van der Waals surface area contributed by atoms with E-state index in [-0.39, 0.29) is 11.7 Å². The first-order valence-electron chi connectivity index (χ1n) is 6.58. The minimum atomic E-state index is -0.298. The van der Waals surface area contributed by atoms with Gasteiger partial charge in [-0.15, -0.1) is 0 Å². The van der Waals surface area contributed by atoms with Crippen LogP contribution in [0.4, 0.5) is 4.39 Å². The third-order valence-corrected chi connectivity index (χ3v) is 2.93. The Morgan fingerprint density at radius 1 is 1.20 bits per heavy atom. The van der Waals surface area contributed by atoms with Crippen molar-refractivity contribution >= 4 is 5.91 Å². The van der Waals surface area contributed by atoms with Crippen molar-refractivity contribution in [3.05, 3.63) is 48.0 Å². The molecular formula is C16H18FNO2. The fraction of sp³-hybridized carbons (Fsp3) is 0.312. The van der Waals surface area contributed by atoms with Crippen molar-refractivity contribution in [1.82, 2.24) is 4.90 Å². The minimum Gasteiger partial charge on any atom is -0.451 e. The molecule has 4 heteroatoms. The zero-order valence-electron chi connectivity index (χ0n) is 11.9. The predicted octanol–water partition coefficient (Wildman–Crippen LogP) is 3.81. The van der Waals surface area contributed by atoms with Crippen LogP contribution in [0.2, 0.25) is 0 Å². The Bertz CT molecular complexity index is 587.